The van der Waals surface area contributed by atoms with E-state index in [4.69, 9.17) is 4.74 Å². The molecule has 2 aromatic rings. The number of benzene rings is 1. The zero-order valence-corrected chi connectivity index (χ0v) is 16.3. The Bertz CT molecular complexity index is 1050. The maximum absolute atomic E-state index is 14.0. The van der Waals surface area contributed by atoms with E-state index in [1.807, 2.05) is 36.4 Å². The van der Waals surface area contributed by atoms with Gasteiger partial charge in [-0.2, -0.15) is 0 Å². The summed E-state index contributed by atoms with van der Waals surface area (Å²) in [4.78, 5) is 16.2. The topological polar surface area (TPSA) is 51.2 Å². The number of amides is 1. The lowest BCUT2D eigenvalue weighted by Gasteiger charge is -2.29. The largest absolute Gasteiger partial charge is 0.436 e. The van der Waals surface area contributed by atoms with Crippen molar-refractivity contribution in [1.29, 1.82) is 0 Å². The van der Waals surface area contributed by atoms with Crippen molar-refractivity contribution in [3.05, 3.63) is 102 Å². The van der Waals surface area contributed by atoms with E-state index in [0.717, 1.165) is 5.56 Å². The molecule has 0 saturated carbocycles. The number of aromatic nitrogens is 1. The molecule has 1 fully saturated rings. The zero-order chi connectivity index (χ0) is 20.9. The molecule has 0 spiro atoms. The predicted octanol–water partition coefficient (Wildman–Crippen LogP) is 5.01. The van der Waals surface area contributed by atoms with Gasteiger partial charge in [0, 0.05) is 23.5 Å². The van der Waals surface area contributed by atoms with Crippen molar-refractivity contribution in [3.63, 3.8) is 0 Å². The lowest BCUT2D eigenvalue weighted by Crippen LogP contribution is -2.35. The summed E-state index contributed by atoms with van der Waals surface area (Å²) < 4.78 is 19.4. The lowest BCUT2D eigenvalue weighted by atomic mass is 9.85. The van der Waals surface area contributed by atoms with Gasteiger partial charge in [0.15, 0.2) is 5.60 Å². The van der Waals surface area contributed by atoms with Gasteiger partial charge in [0.25, 0.3) is 0 Å². The van der Waals surface area contributed by atoms with Crippen LogP contribution in [-0.2, 0) is 4.74 Å². The van der Waals surface area contributed by atoms with Crippen molar-refractivity contribution >= 4 is 6.09 Å². The summed E-state index contributed by atoms with van der Waals surface area (Å²) in [5.74, 6) is 5.68. The van der Waals surface area contributed by atoms with Gasteiger partial charge >= 0.3 is 6.09 Å². The number of carbonyl (C=O) groups excluding carboxylic acids is 1. The Morgan fingerprint density at radius 2 is 2.00 bits per heavy atom. The number of ether oxygens (including phenoxy) is 1. The van der Waals surface area contributed by atoms with Gasteiger partial charge in [-0.3, -0.25) is 4.98 Å². The predicted molar refractivity (Wildman–Crippen MR) is 111 cm³/mol. The Labute approximate surface area is 169 Å². The van der Waals surface area contributed by atoms with Crippen molar-refractivity contribution in [3.8, 4) is 11.8 Å². The number of nitrogens with zero attached hydrogens (tertiary/aromatic N) is 1. The third-order valence-corrected chi connectivity index (χ3v) is 4.61. The smallest absolute Gasteiger partial charge is 0.408 e. The van der Waals surface area contributed by atoms with Gasteiger partial charge in [-0.1, -0.05) is 42.7 Å². The number of pyridine rings is 1. The van der Waals surface area contributed by atoms with Gasteiger partial charge in [0.05, 0.1) is 0 Å². The summed E-state index contributed by atoms with van der Waals surface area (Å²) in [6.45, 7) is 7.33. The average molecular weight is 388 g/mol. The van der Waals surface area contributed by atoms with Gasteiger partial charge in [0.1, 0.15) is 11.9 Å². The Morgan fingerprint density at radius 1 is 1.28 bits per heavy atom. The number of allylic oxidation sites excluding steroid dienone is 3. The molecule has 5 heteroatoms. The Hall–Kier alpha value is -3.65. The van der Waals surface area contributed by atoms with Gasteiger partial charge in [-0.15, -0.1) is 0 Å². The van der Waals surface area contributed by atoms with Crippen LogP contribution in [0.5, 0.6) is 0 Å². The lowest BCUT2D eigenvalue weighted by molar-refractivity contribution is 0.0850. The molecule has 0 bridgehead atoms. The van der Waals surface area contributed by atoms with Gasteiger partial charge in [-0.05, 0) is 55.3 Å². The molecule has 1 aliphatic rings. The number of carbonyl (C=O) groups is 1. The van der Waals surface area contributed by atoms with Crippen LogP contribution in [-0.4, -0.2) is 16.7 Å². The first-order valence-electron chi connectivity index (χ1n) is 9.13. The SMILES string of the molecule is C=C(/C=C(F)\C=C/C)[C@]1(C)OC(=O)N[C@@H]1c1cncc(C#Cc2ccccc2)c1. The van der Waals surface area contributed by atoms with Crippen LogP contribution in [0.15, 0.2) is 85.0 Å². The van der Waals surface area contributed by atoms with Crippen LogP contribution in [0.25, 0.3) is 0 Å². The Kier molecular flexibility index (Phi) is 5.94. The molecule has 2 atom stereocenters. The first kappa shape index (κ1) is 20.1. The minimum absolute atomic E-state index is 0.331. The molecule has 3 rings (SSSR count). The summed E-state index contributed by atoms with van der Waals surface area (Å²) in [6.07, 6.45) is 6.84. The highest BCUT2D eigenvalue weighted by molar-refractivity contribution is 5.73. The van der Waals surface area contributed by atoms with Crippen LogP contribution in [0.1, 0.15) is 36.6 Å². The molecule has 1 N–H and O–H groups in total. The molecular weight excluding hydrogens is 367 g/mol. The molecule has 0 radical (unpaired) electrons. The molecule has 1 saturated heterocycles. The molecule has 1 amide bonds. The van der Waals surface area contributed by atoms with Gasteiger partial charge in [-0.25, -0.2) is 9.18 Å². The van der Waals surface area contributed by atoms with Crippen molar-refractivity contribution in [2.75, 3.05) is 0 Å². The Morgan fingerprint density at radius 3 is 2.72 bits per heavy atom. The number of rotatable bonds is 4. The quantitative estimate of drug-likeness (QED) is 0.592. The van der Waals surface area contributed by atoms with Crippen LogP contribution in [0.4, 0.5) is 9.18 Å². The number of nitrogens with one attached hydrogen (secondary N) is 1. The maximum atomic E-state index is 14.0. The second-order valence-corrected chi connectivity index (χ2v) is 6.75. The van der Waals surface area contributed by atoms with E-state index in [1.165, 1.54) is 12.2 Å². The highest BCUT2D eigenvalue weighted by atomic mass is 19.1. The van der Waals surface area contributed by atoms with Crippen molar-refractivity contribution in [1.82, 2.24) is 10.3 Å². The van der Waals surface area contributed by atoms with E-state index in [0.29, 0.717) is 16.7 Å². The molecule has 0 unspecified atom stereocenters. The fourth-order valence-electron chi connectivity index (χ4n) is 3.06. The maximum Gasteiger partial charge on any atom is 0.408 e. The number of cyclic esters (lactones) is 1. The summed E-state index contributed by atoms with van der Waals surface area (Å²) in [6, 6.07) is 10.9. The van der Waals surface area contributed by atoms with Crippen molar-refractivity contribution in [2.24, 2.45) is 0 Å². The molecule has 2 heterocycles. The molecule has 1 aromatic carbocycles. The van der Waals surface area contributed by atoms with Crippen LogP contribution in [0, 0.1) is 11.8 Å². The molecule has 1 aliphatic heterocycles. The highest BCUT2D eigenvalue weighted by Gasteiger charge is 2.48. The second kappa shape index (κ2) is 8.57. The van der Waals surface area contributed by atoms with Gasteiger partial charge in [0.2, 0.25) is 0 Å². The summed E-state index contributed by atoms with van der Waals surface area (Å²) >= 11 is 0. The van der Waals surface area contributed by atoms with E-state index in [9.17, 15) is 9.18 Å². The minimum atomic E-state index is -1.16. The van der Waals surface area contributed by atoms with Gasteiger partial charge < -0.3 is 10.1 Å². The van der Waals surface area contributed by atoms with E-state index >= 15 is 0 Å². The zero-order valence-electron chi connectivity index (χ0n) is 16.3. The van der Waals surface area contributed by atoms with Crippen LogP contribution < -0.4 is 5.32 Å². The summed E-state index contributed by atoms with van der Waals surface area (Å²) in [5, 5.41) is 2.77. The van der Waals surface area contributed by atoms with E-state index in [2.05, 4.69) is 28.7 Å². The first-order chi connectivity index (χ1) is 13.9. The highest BCUT2D eigenvalue weighted by Crippen LogP contribution is 2.40. The molecule has 0 aliphatic carbocycles. The van der Waals surface area contributed by atoms with Crippen molar-refractivity contribution < 1.29 is 13.9 Å². The third-order valence-electron chi connectivity index (χ3n) is 4.61. The fourth-order valence-corrected chi connectivity index (χ4v) is 3.06. The number of alkyl carbamates (subject to hydrolysis) is 1. The molecular formula is C24H21FN2O2. The molecule has 146 valence electrons. The van der Waals surface area contributed by atoms with E-state index in [-0.39, 0.29) is 0 Å². The third kappa shape index (κ3) is 4.61. The number of halogens is 1. The Balaban J connectivity index is 1.92. The van der Waals surface area contributed by atoms with E-state index in [1.54, 1.807) is 32.3 Å². The van der Waals surface area contributed by atoms with Crippen LogP contribution >= 0.6 is 0 Å². The average Bonchev–Trinajstić information content (AvgIpc) is 3.03. The number of hydrogen-bond donors (Lipinski definition) is 1. The number of hydrogen-bond acceptors (Lipinski definition) is 3. The van der Waals surface area contributed by atoms with Crippen LogP contribution in [0.2, 0.25) is 0 Å². The monoisotopic (exact) mass is 388 g/mol. The molecule has 29 heavy (non-hydrogen) atoms. The van der Waals surface area contributed by atoms with Crippen LogP contribution in [0.3, 0.4) is 0 Å². The second-order valence-electron chi connectivity index (χ2n) is 6.75. The molecule has 4 nitrogen and oxygen atoms in total. The summed E-state index contributed by atoms with van der Waals surface area (Å²) in [5.41, 5.74) is 1.44. The summed E-state index contributed by atoms with van der Waals surface area (Å²) in [7, 11) is 0. The normalized spacial score (nSPS) is 21.3. The first-order valence-corrected chi connectivity index (χ1v) is 9.13. The minimum Gasteiger partial charge on any atom is -0.436 e. The molecule has 1 aromatic heterocycles. The van der Waals surface area contributed by atoms with E-state index < -0.39 is 23.6 Å². The van der Waals surface area contributed by atoms with Crippen molar-refractivity contribution in [2.45, 2.75) is 25.5 Å². The fraction of sp³-hybridized carbons (Fsp3) is 0.167. The standard InChI is InChI=1S/C24H21FN2O2/c1-4-8-21(25)13-17(2)24(3)22(27-23(28)29-24)20-14-19(15-26-16-20)12-11-18-9-6-5-7-10-18/h4-10,13-16,22H,2H2,1,3H3,(H,27,28)/b8-4-,21-13+/t22-,24+/m1/s1.